The summed E-state index contributed by atoms with van der Waals surface area (Å²) in [5, 5.41) is 7.89. The van der Waals surface area contributed by atoms with Gasteiger partial charge in [0.05, 0.1) is 28.3 Å². The summed E-state index contributed by atoms with van der Waals surface area (Å²) >= 11 is 6.02. The normalized spacial score (nSPS) is 11.3. The number of methoxy groups -OCH3 is 1. The molecule has 1 heterocycles. The molecule has 0 saturated carbocycles. The van der Waals surface area contributed by atoms with Crippen molar-refractivity contribution >= 4 is 27.3 Å². The molecule has 1 N–H and O–H groups in total. The van der Waals surface area contributed by atoms with Crippen LogP contribution in [0.15, 0.2) is 51.8 Å². The lowest BCUT2D eigenvalue weighted by atomic mass is 10.2. The van der Waals surface area contributed by atoms with Crippen molar-refractivity contribution in [2.45, 2.75) is 11.8 Å². The fourth-order valence-corrected chi connectivity index (χ4v) is 3.61. The molecule has 7 nitrogen and oxygen atoms in total. The van der Waals surface area contributed by atoms with Crippen LogP contribution in [0.3, 0.4) is 0 Å². The molecule has 0 amide bonds. The zero-order valence-corrected chi connectivity index (χ0v) is 14.9. The third-order valence-corrected chi connectivity index (χ3v) is 5.02. The van der Waals surface area contributed by atoms with Crippen molar-refractivity contribution in [3.8, 4) is 17.2 Å². The molecule has 0 atom stereocenters. The van der Waals surface area contributed by atoms with Gasteiger partial charge in [0.1, 0.15) is 5.75 Å². The number of hydrogen-bond donors (Lipinski definition) is 1. The maximum Gasteiger partial charge on any atom is 0.261 e. The Bertz CT molecular complexity index is 1020. The number of ether oxygens (including phenoxy) is 1. The number of nitrogens with zero attached hydrogens (tertiary/aromatic N) is 2. The lowest BCUT2D eigenvalue weighted by molar-refractivity contribution is 0.414. The molecule has 0 unspecified atom stereocenters. The van der Waals surface area contributed by atoms with Crippen LogP contribution in [0.25, 0.3) is 11.5 Å². The molecule has 0 bridgehead atoms. The van der Waals surface area contributed by atoms with Gasteiger partial charge in [-0.05, 0) is 30.3 Å². The molecule has 25 heavy (non-hydrogen) atoms. The Hall–Kier alpha value is -2.58. The molecule has 1 aromatic heterocycles. The minimum Gasteiger partial charge on any atom is -0.495 e. The van der Waals surface area contributed by atoms with E-state index in [1.807, 2.05) is 0 Å². The Labute approximate surface area is 149 Å². The van der Waals surface area contributed by atoms with Gasteiger partial charge in [-0.1, -0.05) is 23.7 Å². The van der Waals surface area contributed by atoms with Crippen LogP contribution in [0.2, 0.25) is 5.02 Å². The molecule has 3 aromatic rings. The maximum atomic E-state index is 12.7. The second kappa shape index (κ2) is 6.73. The molecule has 0 fully saturated rings. The van der Waals surface area contributed by atoms with Gasteiger partial charge in [-0.15, -0.1) is 10.2 Å². The monoisotopic (exact) mass is 379 g/mol. The smallest absolute Gasteiger partial charge is 0.261 e. The SMILES string of the molecule is COc1ccc(S(=O)(=O)Nc2ccccc2-c2nnc(C)o2)cc1Cl. The average molecular weight is 380 g/mol. The van der Waals surface area contributed by atoms with E-state index in [0.717, 1.165) is 0 Å². The fourth-order valence-electron chi connectivity index (χ4n) is 2.18. The number of nitrogens with one attached hydrogen (secondary N) is 1. The molecule has 0 radical (unpaired) electrons. The lowest BCUT2D eigenvalue weighted by Crippen LogP contribution is -2.13. The summed E-state index contributed by atoms with van der Waals surface area (Å²) in [6.07, 6.45) is 0. The van der Waals surface area contributed by atoms with Gasteiger partial charge in [0.2, 0.25) is 11.8 Å². The summed E-state index contributed by atoms with van der Waals surface area (Å²) in [6.45, 7) is 1.66. The quantitative estimate of drug-likeness (QED) is 0.729. The molecular formula is C16H14ClN3O4S. The number of benzene rings is 2. The molecule has 2 aromatic carbocycles. The average Bonchev–Trinajstić information content (AvgIpc) is 3.01. The van der Waals surface area contributed by atoms with Gasteiger partial charge in [-0.2, -0.15) is 0 Å². The molecule has 0 aliphatic rings. The van der Waals surface area contributed by atoms with Gasteiger partial charge in [0, 0.05) is 6.92 Å². The van der Waals surface area contributed by atoms with Crippen molar-refractivity contribution in [3.63, 3.8) is 0 Å². The Kier molecular flexibility index (Phi) is 4.65. The topological polar surface area (TPSA) is 94.3 Å². The summed E-state index contributed by atoms with van der Waals surface area (Å²) in [7, 11) is -2.41. The summed E-state index contributed by atoms with van der Waals surface area (Å²) < 4.78 is 38.3. The number of halogens is 1. The maximum absolute atomic E-state index is 12.7. The van der Waals surface area contributed by atoms with Crippen LogP contribution in [0.5, 0.6) is 5.75 Å². The molecule has 0 aliphatic carbocycles. The van der Waals surface area contributed by atoms with E-state index in [2.05, 4.69) is 14.9 Å². The van der Waals surface area contributed by atoms with Crippen molar-refractivity contribution in [3.05, 3.63) is 53.4 Å². The van der Waals surface area contributed by atoms with Gasteiger partial charge >= 0.3 is 0 Å². The molecule has 0 aliphatic heterocycles. The van der Waals surface area contributed by atoms with Crippen molar-refractivity contribution in [2.24, 2.45) is 0 Å². The first-order chi connectivity index (χ1) is 11.9. The Morgan fingerprint density at radius 1 is 1.16 bits per heavy atom. The molecule has 3 rings (SSSR count). The summed E-state index contributed by atoms with van der Waals surface area (Å²) in [5.41, 5.74) is 0.796. The van der Waals surface area contributed by atoms with E-state index in [4.69, 9.17) is 20.8 Å². The Balaban J connectivity index is 1.98. The number of sulfonamides is 1. The first-order valence-corrected chi connectivity index (χ1v) is 9.02. The highest BCUT2D eigenvalue weighted by molar-refractivity contribution is 7.92. The van der Waals surface area contributed by atoms with E-state index < -0.39 is 10.0 Å². The van der Waals surface area contributed by atoms with E-state index >= 15 is 0 Å². The van der Waals surface area contributed by atoms with Gasteiger partial charge < -0.3 is 9.15 Å². The van der Waals surface area contributed by atoms with Crippen LogP contribution in [0.1, 0.15) is 5.89 Å². The van der Waals surface area contributed by atoms with Gasteiger partial charge in [-0.3, -0.25) is 4.72 Å². The molecular weight excluding hydrogens is 366 g/mol. The Morgan fingerprint density at radius 3 is 2.56 bits per heavy atom. The second-order valence-electron chi connectivity index (χ2n) is 5.07. The van der Waals surface area contributed by atoms with Crippen LogP contribution in [-0.2, 0) is 10.0 Å². The molecule has 0 spiro atoms. The van der Waals surface area contributed by atoms with Gasteiger partial charge in [-0.25, -0.2) is 8.42 Å². The van der Waals surface area contributed by atoms with E-state index in [-0.39, 0.29) is 15.8 Å². The van der Waals surface area contributed by atoms with E-state index in [9.17, 15) is 8.42 Å². The third-order valence-electron chi connectivity index (χ3n) is 3.36. The first-order valence-electron chi connectivity index (χ1n) is 7.16. The van der Waals surface area contributed by atoms with Gasteiger partial charge in [0.25, 0.3) is 10.0 Å². The zero-order valence-electron chi connectivity index (χ0n) is 13.4. The number of aryl methyl sites for hydroxylation is 1. The van der Waals surface area contributed by atoms with E-state index in [1.165, 1.54) is 25.3 Å². The van der Waals surface area contributed by atoms with Crippen LogP contribution < -0.4 is 9.46 Å². The fraction of sp³-hybridized carbons (Fsp3) is 0.125. The van der Waals surface area contributed by atoms with Crippen molar-refractivity contribution in [1.82, 2.24) is 10.2 Å². The van der Waals surface area contributed by atoms with E-state index in [1.54, 1.807) is 31.2 Å². The highest BCUT2D eigenvalue weighted by Gasteiger charge is 2.19. The first kappa shape index (κ1) is 17.2. The number of aromatic nitrogens is 2. The largest absolute Gasteiger partial charge is 0.495 e. The van der Waals surface area contributed by atoms with Gasteiger partial charge in [0.15, 0.2) is 0 Å². The summed E-state index contributed by atoms with van der Waals surface area (Å²) in [5.74, 6) is 1.00. The van der Waals surface area contributed by atoms with Crippen molar-refractivity contribution in [1.29, 1.82) is 0 Å². The third kappa shape index (κ3) is 3.59. The highest BCUT2D eigenvalue weighted by atomic mass is 35.5. The van der Waals surface area contributed by atoms with Crippen LogP contribution in [0.4, 0.5) is 5.69 Å². The minimum atomic E-state index is -3.86. The zero-order chi connectivity index (χ0) is 18.0. The van der Waals surface area contributed by atoms with Crippen LogP contribution in [-0.4, -0.2) is 25.7 Å². The van der Waals surface area contributed by atoms with Crippen LogP contribution in [0, 0.1) is 6.92 Å². The van der Waals surface area contributed by atoms with E-state index in [0.29, 0.717) is 22.9 Å². The number of rotatable bonds is 5. The molecule has 9 heteroatoms. The Morgan fingerprint density at radius 2 is 1.92 bits per heavy atom. The predicted octanol–water partition coefficient (Wildman–Crippen LogP) is 3.51. The number of hydrogen-bond acceptors (Lipinski definition) is 6. The van der Waals surface area contributed by atoms with Crippen molar-refractivity contribution < 1.29 is 17.6 Å². The standard InChI is InChI=1S/C16H14ClN3O4S/c1-10-18-19-16(24-10)12-5-3-4-6-14(12)20-25(21,22)11-7-8-15(23-2)13(17)9-11/h3-9,20H,1-2H3. The highest BCUT2D eigenvalue weighted by Crippen LogP contribution is 2.31. The molecule has 0 saturated heterocycles. The molecule has 130 valence electrons. The number of para-hydroxylation sites is 1. The second-order valence-corrected chi connectivity index (χ2v) is 7.16. The lowest BCUT2D eigenvalue weighted by Gasteiger charge is -2.12. The predicted molar refractivity (Wildman–Crippen MR) is 93.3 cm³/mol. The summed E-state index contributed by atoms with van der Waals surface area (Å²) in [6, 6.07) is 11.0. The van der Waals surface area contributed by atoms with Crippen molar-refractivity contribution in [2.75, 3.05) is 11.8 Å². The number of anilines is 1. The minimum absolute atomic E-state index is 0.00909. The summed E-state index contributed by atoms with van der Waals surface area (Å²) in [4.78, 5) is 0.00909. The van der Waals surface area contributed by atoms with Crippen LogP contribution >= 0.6 is 11.6 Å².